The van der Waals surface area contributed by atoms with Gasteiger partial charge in [-0.1, -0.05) is 0 Å². The van der Waals surface area contributed by atoms with Crippen molar-refractivity contribution in [2.24, 2.45) is 0 Å². The summed E-state index contributed by atoms with van der Waals surface area (Å²) in [5.74, 6) is -2.16. The second-order valence-electron chi connectivity index (χ2n) is 3.06. The monoisotopic (exact) mass is 249 g/mol. The zero-order valence-corrected chi connectivity index (χ0v) is 9.17. The molecule has 0 aromatic carbocycles. The molecule has 1 aromatic heterocycles. The van der Waals surface area contributed by atoms with E-state index in [1.165, 1.54) is 7.11 Å². The Labute approximate surface area is 95.4 Å². The number of esters is 1. The summed E-state index contributed by atoms with van der Waals surface area (Å²) in [6, 6.07) is 0. The molecule has 0 aliphatic carbocycles. The van der Waals surface area contributed by atoms with Gasteiger partial charge in [-0.15, -0.1) is 0 Å². The Kier molecular flexibility index (Phi) is 4.30. The van der Waals surface area contributed by atoms with Crippen molar-refractivity contribution < 1.29 is 27.4 Å². The van der Waals surface area contributed by atoms with Gasteiger partial charge in [0.15, 0.2) is 11.6 Å². The maximum absolute atomic E-state index is 13.7. The van der Waals surface area contributed by atoms with Crippen LogP contribution in [0.3, 0.4) is 0 Å². The number of halogens is 3. The van der Waals surface area contributed by atoms with Crippen molar-refractivity contribution in [2.45, 2.75) is 12.8 Å². The molecule has 0 bridgehead atoms. The number of hydrogen-bond acceptors (Lipinski definition) is 4. The number of ether oxygens (including phenoxy) is 2. The van der Waals surface area contributed by atoms with Gasteiger partial charge in [-0.05, 0) is 0 Å². The third-order valence-corrected chi connectivity index (χ3v) is 2.09. The predicted octanol–water partition coefficient (Wildman–Crippen LogP) is 1.88. The molecule has 0 unspecified atom stereocenters. The number of pyridine rings is 1. The van der Waals surface area contributed by atoms with E-state index in [1.807, 2.05) is 0 Å². The summed E-state index contributed by atoms with van der Waals surface area (Å²) in [6.07, 6.45) is -2.75. The highest BCUT2D eigenvalue weighted by Crippen LogP contribution is 2.28. The zero-order chi connectivity index (χ0) is 13.0. The van der Waals surface area contributed by atoms with Gasteiger partial charge in [0.1, 0.15) is 5.69 Å². The van der Waals surface area contributed by atoms with E-state index in [4.69, 9.17) is 0 Å². The quantitative estimate of drug-likeness (QED) is 0.764. The van der Waals surface area contributed by atoms with Gasteiger partial charge in [-0.2, -0.15) is 0 Å². The third-order valence-electron chi connectivity index (χ3n) is 2.09. The number of methoxy groups -OCH3 is 2. The van der Waals surface area contributed by atoms with Crippen LogP contribution in [0.1, 0.15) is 17.7 Å². The molecule has 7 heteroatoms. The lowest BCUT2D eigenvalue weighted by molar-refractivity contribution is -0.139. The van der Waals surface area contributed by atoms with Gasteiger partial charge in [0.05, 0.1) is 26.8 Å². The molecule has 0 fully saturated rings. The van der Waals surface area contributed by atoms with E-state index in [-0.39, 0.29) is 5.75 Å². The summed E-state index contributed by atoms with van der Waals surface area (Å²) >= 11 is 0. The van der Waals surface area contributed by atoms with Crippen molar-refractivity contribution >= 4 is 5.97 Å². The maximum atomic E-state index is 13.7. The van der Waals surface area contributed by atoms with E-state index >= 15 is 0 Å². The van der Waals surface area contributed by atoms with Gasteiger partial charge in [-0.3, -0.25) is 9.78 Å². The number of alkyl halides is 2. The Morgan fingerprint density at radius 1 is 1.47 bits per heavy atom. The molecule has 0 spiro atoms. The summed E-state index contributed by atoms with van der Waals surface area (Å²) < 4.78 is 47.7. The SMILES string of the molecule is COC(=O)Cc1c(C(F)F)ncc(OC)c1F. The van der Waals surface area contributed by atoms with Crippen molar-refractivity contribution in [3.63, 3.8) is 0 Å². The summed E-state index contributed by atoms with van der Waals surface area (Å²) in [6.45, 7) is 0. The fourth-order valence-corrected chi connectivity index (χ4v) is 1.24. The van der Waals surface area contributed by atoms with Crippen LogP contribution in [0, 0.1) is 5.82 Å². The first-order chi connectivity index (χ1) is 8.01. The van der Waals surface area contributed by atoms with Gasteiger partial charge >= 0.3 is 5.97 Å². The second kappa shape index (κ2) is 5.51. The van der Waals surface area contributed by atoms with Crippen LogP contribution in [-0.2, 0) is 16.0 Å². The minimum absolute atomic E-state index is 0.298. The van der Waals surface area contributed by atoms with E-state index in [2.05, 4.69) is 14.5 Å². The highest BCUT2D eigenvalue weighted by Gasteiger charge is 2.23. The molecule has 0 amide bonds. The molecule has 94 valence electrons. The highest BCUT2D eigenvalue weighted by molar-refractivity contribution is 5.73. The van der Waals surface area contributed by atoms with E-state index < -0.39 is 35.9 Å². The van der Waals surface area contributed by atoms with Crippen molar-refractivity contribution in [3.8, 4) is 5.75 Å². The van der Waals surface area contributed by atoms with Gasteiger partial charge in [0.2, 0.25) is 0 Å². The van der Waals surface area contributed by atoms with E-state index in [9.17, 15) is 18.0 Å². The highest BCUT2D eigenvalue weighted by atomic mass is 19.3. The largest absolute Gasteiger partial charge is 0.492 e. The first kappa shape index (κ1) is 13.3. The van der Waals surface area contributed by atoms with Crippen molar-refractivity contribution in [1.82, 2.24) is 4.98 Å². The lowest BCUT2D eigenvalue weighted by Gasteiger charge is -2.10. The predicted molar refractivity (Wildman–Crippen MR) is 51.4 cm³/mol. The molecular weight excluding hydrogens is 239 g/mol. The number of carbonyl (C=O) groups is 1. The molecule has 0 radical (unpaired) electrons. The van der Waals surface area contributed by atoms with Gasteiger partial charge < -0.3 is 9.47 Å². The second-order valence-corrected chi connectivity index (χ2v) is 3.06. The summed E-state index contributed by atoms with van der Waals surface area (Å²) in [4.78, 5) is 14.4. The van der Waals surface area contributed by atoms with Crippen molar-refractivity contribution in [1.29, 1.82) is 0 Å². The number of carbonyl (C=O) groups excluding carboxylic acids is 1. The molecule has 1 aromatic rings. The number of hydrogen-bond donors (Lipinski definition) is 0. The first-order valence-electron chi connectivity index (χ1n) is 4.57. The molecule has 1 heterocycles. The lowest BCUT2D eigenvalue weighted by atomic mass is 10.1. The van der Waals surface area contributed by atoms with Crippen LogP contribution in [0.25, 0.3) is 0 Å². The molecule has 0 N–H and O–H groups in total. The molecule has 0 atom stereocenters. The van der Waals surface area contributed by atoms with Crippen molar-refractivity contribution in [3.05, 3.63) is 23.3 Å². The zero-order valence-electron chi connectivity index (χ0n) is 9.17. The van der Waals surface area contributed by atoms with Crippen LogP contribution in [0.2, 0.25) is 0 Å². The minimum Gasteiger partial charge on any atom is -0.492 e. The van der Waals surface area contributed by atoms with Crippen LogP contribution >= 0.6 is 0 Å². The summed E-state index contributed by atoms with van der Waals surface area (Å²) in [7, 11) is 2.25. The standard InChI is InChI=1S/C10H10F3NO3/c1-16-6-4-14-9(10(12)13)5(8(6)11)3-7(15)17-2/h4,10H,3H2,1-2H3. The average molecular weight is 249 g/mol. The molecule has 1 rings (SSSR count). The molecule has 0 aliphatic rings. The van der Waals surface area contributed by atoms with Gasteiger partial charge in [-0.25, -0.2) is 13.2 Å². The maximum Gasteiger partial charge on any atom is 0.310 e. The Morgan fingerprint density at radius 2 is 2.12 bits per heavy atom. The van der Waals surface area contributed by atoms with Crippen LogP contribution in [-0.4, -0.2) is 25.2 Å². The molecule has 17 heavy (non-hydrogen) atoms. The topological polar surface area (TPSA) is 48.4 Å². The Balaban J connectivity index is 3.24. The summed E-state index contributed by atoms with van der Waals surface area (Å²) in [5, 5.41) is 0. The van der Waals surface area contributed by atoms with Gasteiger partial charge in [0, 0.05) is 5.56 Å². The molecular formula is C10H10F3NO3. The Bertz CT molecular complexity index is 424. The van der Waals surface area contributed by atoms with Crippen LogP contribution in [0.5, 0.6) is 5.75 Å². The van der Waals surface area contributed by atoms with E-state index in [0.29, 0.717) is 0 Å². The Hall–Kier alpha value is -1.79. The van der Waals surface area contributed by atoms with Crippen molar-refractivity contribution in [2.75, 3.05) is 14.2 Å². The third kappa shape index (κ3) is 2.86. The number of aromatic nitrogens is 1. The number of nitrogens with zero attached hydrogens (tertiary/aromatic N) is 1. The fourth-order valence-electron chi connectivity index (χ4n) is 1.24. The molecule has 0 aliphatic heterocycles. The smallest absolute Gasteiger partial charge is 0.310 e. The first-order valence-corrected chi connectivity index (χ1v) is 4.57. The summed E-state index contributed by atoms with van der Waals surface area (Å²) in [5.41, 5.74) is -1.29. The molecule has 4 nitrogen and oxygen atoms in total. The van der Waals surface area contributed by atoms with Crippen LogP contribution in [0.4, 0.5) is 13.2 Å². The average Bonchev–Trinajstić information content (AvgIpc) is 2.30. The molecule has 0 saturated heterocycles. The number of rotatable bonds is 4. The lowest BCUT2D eigenvalue weighted by Crippen LogP contribution is -2.11. The van der Waals surface area contributed by atoms with E-state index in [1.54, 1.807) is 0 Å². The van der Waals surface area contributed by atoms with E-state index in [0.717, 1.165) is 13.3 Å². The normalized spacial score (nSPS) is 10.5. The van der Waals surface area contributed by atoms with Crippen LogP contribution in [0.15, 0.2) is 6.20 Å². The minimum atomic E-state index is -2.98. The molecule has 0 saturated carbocycles. The Morgan fingerprint density at radius 3 is 2.59 bits per heavy atom. The van der Waals surface area contributed by atoms with Crippen LogP contribution < -0.4 is 4.74 Å². The fraction of sp³-hybridized carbons (Fsp3) is 0.400. The van der Waals surface area contributed by atoms with Gasteiger partial charge in [0.25, 0.3) is 6.43 Å².